The standard InChI is InChI=1S/C34H52N2O5/c1-9-19(2)14-20(3)30-21(4)15-22(5)31-23(6)16-24(7)34(39,41-31)25(8)32(37)36-29(33(38)40-30)17-26-18-35-28-13-11-10-12-27(26)28/h10-13,18-25,29-31,35,39H,9,14-17H2,1-8H3,(H,36,37)/t19-,20+,21+,22+,23+,24+,25+,29-,30-,31-,34-/m1/s1. The Kier molecular flexibility index (Phi) is 9.90. The quantitative estimate of drug-likeness (QED) is 0.358. The highest BCUT2D eigenvalue weighted by atomic mass is 16.6. The molecule has 2 fully saturated rings. The second kappa shape index (κ2) is 12.9. The lowest BCUT2D eigenvalue weighted by Gasteiger charge is -2.49. The number of para-hydroxylation sites is 1. The number of esters is 1. The number of amides is 1. The molecule has 2 aliphatic heterocycles. The lowest BCUT2D eigenvalue weighted by Crippen LogP contribution is -2.59. The summed E-state index contributed by atoms with van der Waals surface area (Å²) in [5.41, 5.74) is 1.90. The van der Waals surface area contributed by atoms with E-state index < -0.39 is 29.6 Å². The van der Waals surface area contributed by atoms with Gasteiger partial charge in [-0.3, -0.25) is 4.79 Å². The smallest absolute Gasteiger partial charge is 0.329 e. The highest BCUT2D eigenvalue weighted by molar-refractivity contribution is 5.88. The second-order valence-corrected chi connectivity index (χ2v) is 13.6. The zero-order valence-corrected chi connectivity index (χ0v) is 26.3. The molecule has 0 radical (unpaired) electrons. The molecule has 1 aromatic heterocycles. The Morgan fingerprint density at radius 1 is 1.02 bits per heavy atom. The molecule has 3 heterocycles. The summed E-state index contributed by atoms with van der Waals surface area (Å²) in [5, 5.41) is 15.9. The Morgan fingerprint density at radius 3 is 2.41 bits per heavy atom. The molecule has 228 valence electrons. The van der Waals surface area contributed by atoms with E-state index in [0.29, 0.717) is 5.92 Å². The van der Waals surface area contributed by atoms with E-state index in [1.807, 2.05) is 37.4 Å². The van der Waals surface area contributed by atoms with E-state index in [4.69, 9.17) is 9.47 Å². The van der Waals surface area contributed by atoms with Crippen LogP contribution in [0.15, 0.2) is 30.5 Å². The van der Waals surface area contributed by atoms with Crippen molar-refractivity contribution in [1.29, 1.82) is 0 Å². The number of benzene rings is 1. The summed E-state index contributed by atoms with van der Waals surface area (Å²) in [6.07, 6.45) is 5.27. The van der Waals surface area contributed by atoms with Crippen molar-refractivity contribution in [2.45, 2.75) is 112 Å². The summed E-state index contributed by atoms with van der Waals surface area (Å²) in [6, 6.07) is 7.04. The molecule has 0 unspecified atom stereocenters. The Bertz CT molecular complexity index is 1190. The van der Waals surface area contributed by atoms with Gasteiger partial charge in [0.2, 0.25) is 5.91 Å². The molecule has 2 saturated heterocycles. The number of ether oxygens (including phenoxy) is 2. The minimum Gasteiger partial charge on any atom is -0.460 e. The SMILES string of the molecule is CC[C@@H](C)C[C@H](C)[C@H]1OC(=O)[C@@H](Cc2c[nH]c3ccccc23)NC(=O)[C@H](C)[C@]2(O)O[C@H]([C@@H](C)C[C@@H]1C)[C@@H](C)C[C@@H]2C. The van der Waals surface area contributed by atoms with Gasteiger partial charge in [0.25, 0.3) is 0 Å². The molecule has 7 nitrogen and oxygen atoms in total. The van der Waals surface area contributed by atoms with Crippen LogP contribution in [0, 0.1) is 41.4 Å². The Labute approximate surface area is 246 Å². The fourth-order valence-electron chi connectivity index (χ4n) is 7.51. The zero-order chi connectivity index (χ0) is 30.1. The van der Waals surface area contributed by atoms with Gasteiger partial charge in [0, 0.05) is 29.4 Å². The van der Waals surface area contributed by atoms with Crippen molar-refractivity contribution in [2.75, 3.05) is 0 Å². The largest absolute Gasteiger partial charge is 0.460 e. The predicted molar refractivity (Wildman–Crippen MR) is 162 cm³/mol. The summed E-state index contributed by atoms with van der Waals surface area (Å²) in [5.74, 6) is -2.43. The van der Waals surface area contributed by atoms with Gasteiger partial charge in [0.05, 0.1) is 12.0 Å². The van der Waals surface area contributed by atoms with Crippen LogP contribution in [-0.2, 0) is 25.5 Å². The van der Waals surface area contributed by atoms with E-state index in [-0.39, 0.29) is 48.2 Å². The molecule has 2 bridgehead atoms. The first-order chi connectivity index (χ1) is 19.3. The van der Waals surface area contributed by atoms with E-state index >= 15 is 0 Å². The van der Waals surface area contributed by atoms with Gasteiger partial charge >= 0.3 is 5.97 Å². The van der Waals surface area contributed by atoms with Crippen LogP contribution >= 0.6 is 0 Å². The average Bonchev–Trinajstić information content (AvgIpc) is 3.34. The topological polar surface area (TPSA) is 101 Å². The first-order valence-electron chi connectivity index (χ1n) is 15.8. The lowest BCUT2D eigenvalue weighted by molar-refractivity contribution is -0.318. The lowest BCUT2D eigenvalue weighted by atomic mass is 9.73. The minimum absolute atomic E-state index is 0.0823. The van der Waals surface area contributed by atoms with Crippen LogP contribution in [0.4, 0.5) is 0 Å². The first-order valence-corrected chi connectivity index (χ1v) is 15.8. The molecule has 1 aromatic carbocycles. The van der Waals surface area contributed by atoms with Crippen molar-refractivity contribution in [1.82, 2.24) is 10.3 Å². The molecule has 2 aromatic rings. The molecule has 7 heteroatoms. The van der Waals surface area contributed by atoms with Crippen LogP contribution in [0.5, 0.6) is 0 Å². The monoisotopic (exact) mass is 568 g/mol. The average molecular weight is 569 g/mol. The summed E-state index contributed by atoms with van der Waals surface area (Å²) in [7, 11) is 0. The van der Waals surface area contributed by atoms with Crippen LogP contribution < -0.4 is 5.32 Å². The number of cyclic esters (lactones) is 1. The number of aromatic nitrogens is 1. The molecule has 4 rings (SSSR count). The van der Waals surface area contributed by atoms with Crippen LogP contribution in [0.2, 0.25) is 0 Å². The van der Waals surface area contributed by atoms with Gasteiger partial charge in [-0.05, 0) is 67.4 Å². The third kappa shape index (κ3) is 6.67. The number of carbonyl (C=O) groups excluding carboxylic acids is 2. The summed E-state index contributed by atoms with van der Waals surface area (Å²) < 4.78 is 12.9. The van der Waals surface area contributed by atoms with Crippen molar-refractivity contribution in [3.63, 3.8) is 0 Å². The normalized spacial score (nSPS) is 36.8. The Morgan fingerprint density at radius 2 is 1.71 bits per heavy atom. The van der Waals surface area contributed by atoms with Crippen LogP contribution in [0.1, 0.15) is 86.6 Å². The highest BCUT2D eigenvalue weighted by Gasteiger charge is 2.52. The number of carbonyl (C=O) groups is 2. The highest BCUT2D eigenvalue weighted by Crippen LogP contribution is 2.44. The molecule has 0 saturated carbocycles. The maximum Gasteiger partial charge on any atom is 0.329 e. The fraction of sp³-hybridized carbons (Fsp3) is 0.706. The zero-order valence-electron chi connectivity index (χ0n) is 26.3. The van der Waals surface area contributed by atoms with Crippen molar-refractivity contribution < 1.29 is 24.2 Å². The van der Waals surface area contributed by atoms with Crippen LogP contribution in [0.25, 0.3) is 10.9 Å². The number of aromatic amines is 1. The van der Waals surface area contributed by atoms with Gasteiger partial charge in [-0.2, -0.15) is 0 Å². The number of hydrogen-bond acceptors (Lipinski definition) is 5. The molecular formula is C34H52N2O5. The van der Waals surface area contributed by atoms with Crippen LogP contribution in [-0.4, -0.2) is 46.0 Å². The van der Waals surface area contributed by atoms with E-state index in [2.05, 4.69) is 51.8 Å². The summed E-state index contributed by atoms with van der Waals surface area (Å²) >= 11 is 0. The molecule has 0 spiro atoms. The maximum atomic E-state index is 14.0. The molecule has 2 aliphatic rings. The third-order valence-corrected chi connectivity index (χ3v) is 10.2. The first kappa shape index (κ1) is 31.6. The number of H-pyrrole nitrogens is 1. The summed E-state index contributed by atoms with van der Waals surface area (Å²) in [6.45, 7) is 16.8. The van der Waals surface area contributed by atoms with E-state index in [9.17, 15) is 14.7 Å². The van der Waals surface area contributed by atoms with E-state index in [0.717, 1.165) is 42.1 Å². The molecule has 3 N–H and O–H groups in total. The molecule has 11 atom stereocenters. The third-order valence-electron chi connectivity index (χ3n) is 10.2. The van der Waals surface area contributed by atoms with Gasteiger partial charge < -0.3 is 24.9 Å². The van der Waals surface area contributed by atoms with Gasteiger partial charge in [-0.1, -0.05) is 73.1 Å². The molecule has 41 heavy (non-hydrogen) atoms. The van der Waals surface area contributed by atoms with Crippen molar-refractivity contribution >= 4 is 22.8 Å². The van der Waals surface area contributed by atoms with Gasteiger partial charge in [0.15, 0.2) is 5.79 Å². The number of hydrogen-bond donors (Lipinski definition) is 3. The molecular weight excluding hydrogens is 516 g/mol. The Hall–Kier alpha value is -2.38. The predicted octanol–water partition coefficient (Wildman–Crippen LogP) is 6.24. The van der Waals surface area contributed by atoms with E-state index in [1.165, 1.54) is 0 Å². The summed E-state index contributed by atoms with van der Waals surface area (Å²) in [4.78, 5) is 31.1. The van der Waals surface area contributed by atoms with Crippen molar-refractivity contribution in [2.24, 2.45) is 41.4 Å². The van der Waals surface area contributed by atoms with Gasteiger partial charge in [-0.15, -0.1) is 0 Å². The van der Waals surface area contributed by atoms with Gasteiger partial charge in [0.1, 0.15) is 12.1 Å². The number of fused-ring (bicyclic) bond motifs is 3. The van der Waals surface area contributed by atoms with E-state index in [1.54, 1.807) is 6.92 Å². The van der Waals surface area contributed by atoms with Gasteiger partial charge in [-0.25, -0.2) is 4.79 Å². The number of aliphatic hydroxyl groups is 1. The maximum absolute atomic E-state index is 14.0. The molecule has 0 aliphatic carbocycles. The molecule has 1 amide bonds. The van der Waals surface area contributed by atoms with Crippen molar-refractivity contribution in [3.05, 3.63) is 36.0 Å². The number of nitrogens with one attached hydrogen (secondary N) is 2. The van der Waals surface area contributed by atoms with Crippen molar-refractivity contribution in [3.8, 4) is 0 Å². The minimum atomic E-state index is -1.62. The fourth-order valence-corrected chi connectivity index (χ4v) is 7.51. The second-order valence-electron chi connectivity index (χ2n) is 13.6. The van der Waals surface area contributed by atoms with Crippen LogP contribution in [0.3, 0.4) is 0 Å². The number of rotatable bonds is 6. The Balaban J connectivity index is 1.73.